The van der Waals surface area contributed by atoms with Gasteiger partial charge in [-0.1, -0.05) is 18.2 Å². The van der Waals surface area contributed by atoms with Gasteiger partial charge in [0.05, 0.1) is 11.4 Å². The highest BCUT2D eigenvalue weighted by atomic mass is 16.5. The maximum absolute atomic E-state index is 12.5. The lowest BCUT2D eigenvalue weighted by molar-refractivity contribution is 0.0287. The first-order valence-electron chi connectivity index (χ1n) is 7.71. The molecule has 1 aromatic heterocycles. The van der Waals surface area contributed by atoms with Gasteiger partial charge in [-0.15, -0.1) is 0 Å². The van der Waals surface area contributed by atoms with Crippen molar-refractivity contribution >= 4 is 16.7 Å². The molecule has 0 N–H and O–H groups in total. The second kappa shape index (κ2) is 5.55. The van der Waals surface area contributed by atoms with Crippen molar-refractivity contribution in [3.63, 3.8) is 0 Å². The summed E-state index contributed by atoms with van der Waals surface area (Å²) in [7, 11) is 0. The van der Waals surface area contributed by atoms with E-state index in [9.17, 15) is 9.59 Å². The number of nitrogens with zero attached hydrogens (tertiary/aromatic N) is 2. The summed E-state index contributed by atoms with van der Waals surface area (Å²) in [5.41, 5.74) is 0.0359. The van der Waals surface area contributed by atoms with E-state index in [-0.39, 0.29) is 23.4 Å². The maximum atomic E-state index is 12.5. The van der Waals surface area contributed by atoms with Crippen LogP contribution in [0.15, 0.2) is 29.1 Å². The van der Waals surface area contributed by atoms with Gasteiger partial charge in [0.25, 0.3) is 5.56 Å². The quantitative estimate of drug-likeness (QED) is 0.815. The summed E-state index contributed by atoms with van der Waals surface area (Å²) in [6.45, 7) is 5.65. The van der Waals surface area contributed by atoms with Gasteiger partial charge in [0.2, 0.25) is 0 Å². The molecule has 5 nitrogen and oxygen atoms in total. The van der Waals surface area contributed by atoms with Crippen LogP contribution < -0.4 is 5.56 Å². The second-order valence-electron chi connectivity index (χ2n) is 6.19. The molecule has 0 unspecified atom stereocenters. The summed E-state index contributed by atoms with van der Waals surface area (Å²) in [5, 5.41) is 5.31. The van der Waals surface area contributed by atoms with Crippen LogP contribution in [-0.2, 0) is 4.74 Å². The number of benzene rings is 1. The number of fused-ring (bicyclic) bond motifs is 1. The van der Waals surface area contributed by atoms with Crippen LogP contribution in [0.4, 0.5) is 0 Å². The fourth-order valence-electron chi connectivity index (χ4n) is 2.59. The van der Waals surface area contributed by atoms with Gasteiger partial charge in [0.1, 0.15) is 6.10 Å². The van der Waals surface area contributed by atoms with E-state index in [1.807, 2.05) is 20.8 Å². The van der Waals surface area contributed by atoms with Crippen LogP contribution in [0, 0.1) is 5.92 Å². The Morgan fingerprint density at radius 3 is 2.45 bits per heavy atom. The number of carbonyl (C=O) groups excluding carboxylic acids is 1. The predicted molar refractivity (Wildman–Crippen MR) is 84.0 cm³/mol. The van der Waals surface area contributed by atoms with Crippen molar-refractivity contribution in [3.8, 4) is 0 Å². The van der Waals surface area contributed by atoms with Crippen LogP contribution in [0.2, 0.25) is 0 Å². The average molecular weight is 300 g/mol. The smallest absolute Gasteiger partial charge is 0.359 e. The zero-order valence-corrected chi connectivity index (χ0v) is 13.1. The molecule has 1 aromatic carbocycles. The summed E-state index contributed by atoms with van der Waals surface area (Å²) >= 11 is 0. The zero-order chi connectivity index (χ0) is 15.9. The number of rotatable bonds is 4. The minimum Gasteiger partial charge on any atom is -0.458 e. The van der Waals surface area contributed by atoms with E-state index in [2.05, 4.69) is 5.10 Å². The van der Waals surface area contributed by atoms with E-state index in [1.54, 1.807) is 24.3 Å². The average Bonchev–Trinajstić information content (AvgIpc) is 3.32. The molecular formula is C17H20N2O3. The van der Waals surface area contributed by atoms with Crippen LogP contribution in [0.3, 0.4) is 0 Å². The predicted octanol–water partition coefficient (Wildman–Crippen LogP) is 2.93. The molecule has 3 rings (SSSR count). The molecule has 2 aromatic rings. The molecule has 0 saturated heterocycles. The maximum Gasteiger partial charge on any atom is 0.359 e. The molecule has 1 aliphatic rings. The normalized spacial score (nSPS) is 16.0. The summed E-state index contributed by atoms with van der Waals surface area (Å²) in [5.74, 6) is 0.0104. The zero-order valence-electron chi connectivity index (χ0n) is 13.1. The van der Waals surface area contributed by atoms with Gasteiger partial charge in [0.15, 0.2) is 5.69 Å². The number of hydrogen-bond donors (Lipinski definition) is 0. The summed E-state index contributed by atoms with van der Waals surface area (Å²) in [6.07, 6.45) is 2.11. The molecule has 22 heavy (non-hydrogen) atoms. The second-order valence-corrected chi connectivity index (χ2v) is 6.19. The molecule has 116 valence electrons. The standard InChI is InChI=1S/C17H20N2O3/c1-10(2)19-16(20)14-7-5-4-6-13(14)15(18-19)17(21)22-11(3)12-8-9-12/h4-7,10-12H,8-9H2,1-3H3/t11-/m0/s1. The number of carbonyl (C=O) groups is 1. The molecule has 1 saturated carbocycles. The third-order valence-corrected chi connectivity index (χ3v) is 4.09. The van der Waals surface area contributed by atoms with E-state index in [0.717, 1.165) is 12.8 Å². The van der Waals surface area contributed by atoms with E-state index >= 15 is 0 Å². The van der Waals surface area contributed by atoms with Gasteiger partial charge < -0.3 is 4.74 Å². The number of aromatic nitrogens is 2. The van der Waals surface area contributed by atoms with E-state index < -0.39 is 5.97 Å². The van der Waals surface area contributed by atoms with E-state index in [1.165, 1.54) is 4.68 Å². The van der Waals surface area contributed by atoms with Crippen molar-refractivity contribution in [2.24, 2.45) is 5.92 Å². The summed E-state index contributed by atoms with van der Waals surface area (Å²) in [6, 6.07) is 6.93. The molecule has 1 heterocycles. The molecule has 1 aliphatic carbocycles. The van der Waals surface area contributed by atoms with Crippen molar-refractivity contribution in [2.75, 3.05) is 0 Å². The van der Waals surface area contributed by atoms with Gasteiger partial charge in [-0.2, -0.15) is 5.10 Å². The lowest BCUT2D eigenvalue weighted by Gasteiger charge is -2.15. The van der Waals surface area contributed by atoms with Gasteiger partial charge in [-0.25, -0.2) is 9.48 Å². The molecule has 0 aliphatic heterocycles. The van der Waals surface area contributed by atoms with Crippen LogP contribution >= 0.6 is 0 Å². The largest absolute Gasteiger partial charge is 0.458 e. The SMILES string of the molecule is CC(C)n1nc(C(=O)O[C@@H](C)C2CC2)c2ccccc2c1=O. The van der Waals surface area contributed by atoms with Gasteiger partial charge >= 0.3 is 5.97 Å². The van der Waals surface area contributed by atoms with Crippen LogP contribution in [0.1, 0.15) is 50.1 Å². The van der Waals surface area contributed by atoms with E-state index in [4.69, 9.17) is 4.74 Å². The fraction of sp³-hybridized carbons (Fsp3) is 0.471. The van der Waals surface area contributed by atoms with Crippen molar-refractivity contribution in [3.05, 3.63) is 40.3 Å². The highest BCUT2D eigenvalue weighted by molar-refractivity contribution is 6.02. The lowest BCUT2D eigenvalue weighted by Crippen LogP contribution is -2.28. The Morgan fingerprint density at radius 1 is 1.23 bits per heavy atom. The molecule has 0 spiro atoms. The number of hydrogen-bond acceptors (Lipinski definition) is 4. The van der Waals surface area contributed by atoms with Crippen LogP contribution in [0.5, 0.6) is 0 Å². The molecular weight excluding hydrogens is 280 g/mol. The molecule has 0 radical (unpaired) electrons. The van der Waals surface area contributed by atoms with Crippen molar-refractivity contribution in [2.45, 2.75) is 45.8 Å². The third-order valence-electron chi connectivity index (χ3n) is 4.09. The topological polar surface area (TPSA) is 61.2 Å². The Labute approximate surface area is 128 Å². The lowest BCUT2D eigenvalue weighted by atomic mass is 10.1. The highest BCUT2D eigenvalue weighted by Gasteiger charge is 2.31. The summed E-state index contributed by atoms with van der Waals surface area (Å²) in [4.78, 5) is 24.9. The highest BCUT2D eigenvalue weighted by Crippen LogP contribution is 2.34. The van der Waals surface area contributed by atoms with Crippen molar-refractivity contribution in [1.82, 2.24) is 9.78 Å². The van der Waals surface area contributed by atoms with Crippen LogP contribution in [0.25, 0.3) is 10.8 Å². The van der Waals surface area contributed by atoms with Crippen molar-refractivity contribution < 1.29 is 9.53 Å². The minimum atomic E-state index is -0.454. The van der Waals surface area contributed by atoms with Crippen LogP contribution in [-0.4, -0.2) is 21.9 Å². The third kappa shape index (κ3) is 2.63. The first kappa shape index (κ1) is 14.8. The Balaban J connectivity index is 2.09. The monoisotopic (exact) mass is 300 g/mol. The number of ether oxygens (including phenoxy) is 1. The Kier molecular flexibility index (Phi) is 3.72. The Hall–Kier alpha value is -2.17. The molecule has 5 heteroatoms. The van der Waals surface area contributed by atoms with Crippen molar-refractivity contribution in [1.29, 1.82) is 0 Å². The molecule has 1 atom stereocenters. The van der Waals surface area contributed by atoms with E-state index in [0.29, 0.717) is 16.7 Å². The molecule has 1 fully saturated rings. The minimum absolute atomic E-state index is 0.104. The number of esters is 1. The Bertz CT molecular complexity index is 775. The van der Waals surface area contributed by atoms with Gasteiger partial charge in [0, 0.05) is 5.39 Å². The first-order chi connectivity index (χ1) is 10.5. The first-order valence-corrected chi connectivity index (χ1v) is 7.71. The van der Waals surface area contributed by atoms with Gasteiger partial charge in [-0.3, -0.25) is 4.79 Å². The fourth-order valence-corrected chi connectivity index (χ4v) is 2.59. The molecule has 0 amide bonds. The van der Waals surface area contributed by atoms with Gasteiger partial charge in [-0.05, 0) is 45.6 Å². The summed E-state index contributed by atoms with van der Waals surface area (Å²) < 4.78 is 6.87. The molecule has 0 bridgehead atoms. The Morgan fingerprint density at radius 2 is 1.86 bits per heavy atom.